The van der Waals surface area contributed by atoms with Gasteiger partial charge in [0.15, 0.2) is 5.43 Å². The number of aromatic amines is 1. The second-order valence-corrected chi connectivity index (χ2v) is 6.07. The largest absolute Gasteiger partial charge is 0.352 e. The monoisotopic (exact) mass is 363 g/mol. The van der Waals surface area contributed by atoms with E-state index >= 15 is 0 Å². The van der Waals surface area contributed by atoms with Crippen molar-refractivity contribution in [2.75, 3.05) is 5.43 Å². The maximum Gasteiger partial charge on any atom is 0.237 e. The average molecular weight is 363 g/mol. The van der Waals surface area contributed by atoms with Crippen LogP contribution < -0.4 is 10.9 Å². The molecule has 0 spiro atoms. The van der Waals surface area contributed by atoms with Crippen molar-refractivity contribution in [1.82, 2.24) is 4.98 Å². The third kappa shape index (κ3) is 2.86. The second-order valence-electron chi connectivity index (χ2n) is 6.07. The first kappa shape index (κ1) is 17.0. The van der Waals surface area contributed by atoms with E-state index in [-0.39, 0.29) is 11.1 Å². The first-order valence-corrected chi connectivity index (χ1v) is 8.50. The molecule has 0 saturated carbocycles. The Morgan fingerprint density at radius 1 is 0.857 bits per heavy atom. The molecule has 0 atom stereocenters. The van der Waals surface area contributed by atoms with E-state index in [0.717, 1.165) is 11.1 Å². The molecule has 0 saturated heterocycles. The number of hydrogen-bond donors (Lipinski definition) is 2. The summed E-state index contributed by atoms with van der Waals surface area (Å²) in [5.41, 5.74) is 5.98. The first-order chi connectivity index (χ1) is 13.7. The fourth-order valence-corrected chi connectivity index (χ4v) is 3.17. The van der Waals surface area contributed by atoms with Crippen molar-refractivity contribution < 1.29 is 0 Å². The predicted octanol–water partition coefficient (Wildman–Crippen LogP) is 4.16. The molecule has 0 unspecified atom stereocenters. The Morgan fingerprint density at radius 3 is 2.25 bits per heavy atom. The lowest BCUT2D eigenvalue weighted by atomic mass is 10.0. The van der Waals surface area contributed by atoms with E-state index in [9.17, 15) is 4.79 Å². The van der Waals surface area contributed by atoms with Crippen molar-refractivity contribution in [3.63, 3.8) is 0 Å². The van der Waals surface area contributed by atoms with Gasteiger partial charge in [-0.25, -0.2) is 0 Å². The summed E-state index contributed by atoms with van der Waals surface area (Å²) < 4.78 is 0. The van der Waals surface area contributed by atoms with Crippen LogP contribution in [0.5, 0.6) is 0 Å². The molecular formula is C22H13N5O. The minimum absolute atomic E-state index is 0.102. The average Bonchev–Trinajstić information content (AvgIpc) is 2.75. The number of nitrogens with zero attached hydrogens (tertiary/aromatic N) is 3. The van der Waals surface area contributed by atoms with Gasteiger partial charge in [-0.05, 0) is 23.8 Å². The molecule has 3 aromatic carbocycles. The van der Waals surface area contributed by atoms with E-state index in [2.05, 4.69) is 15.5 Å². The summed E-state index contributed by atoms with van der Waals surface area (Å²) in [6, 6.07) is 24.0. The Bertz CT molecular complexity index is 1360. The molecule has 28 heavy (non-hydrogen) atoms. The highest BCUT2D eigenvalue weighted by atomic mass is 16.1. The van der Waals surface area contributed by atoms with Crippen molar-refractivity contribution in [3.05, 3.63) is 77.0 Å². The number of nitrogens with one attached hydrogen (secondary N) is 2. The van der Waals surface area contributed by atoms with Gasteiger partial charge in [0.05, 0.1) is 16.7 Å². The number of hydrazone groups is 1. The van der Waals surface area contributed by atoms with Crippen LogP contribution in [-0.4, -0.2) is 10.7 Å². The van der Waals surface area contributed by atoms with Crippen molar-refractivity contribution in [3.8, 4) is 23.3 Å². The fourth-order valence-electron chi connectivity index (χ4n) is 3.17. The van der Waals surface area contributed by atoms with Crippen molar-refractivity contribution in [2.24, 2.45) is 5.10 Å². The standard InChI is InChI=1S/C22H13N5O/c23-12-15(13-24)26-27-19-11-5-10-18-21(19)25-20-16(14-6-2-1-3-7-14)8-4-9-17(20)22(18)28/h1-11,27H,(H,25,28). The van der Waals surface area contributed by atoms with E-state index < -0.39 is 0 Å². The maximum atomic E-state index is 13.1. The molecule has 0 aliphatic carbocycles. The molecule has 0 bridgehead atoms. The summed E-state index contributed by atoms with van der Waals surface area (Å²) in [5.74, 6) is 0. The quantitative estimate of drug-likeness (QED) is 0.324. The second kappa shape index (κ2) is 7.06. The third-order valence-electron chi connectivity index (χ3n) is 4.45. The van der Waals surface area contributed by atoms with E-state index in [1.807, 2.05) is 42.5 Å². The van der Waals surface area contributed by atoms with Crippen LogP contribution in [0.25, 0.3) is 32.9 Å². The van der Waals surface area contributed by atoms with Crippen molar-refractivity contribution in [2.45, 2.75) is 0 Å². The Hall–Kier alpha value is -4.42. The van der Waals surface area contributed by atoms with Gasteiger partial charge in [-0.1, -0.05) is 48.5 Å². The van der Waals surface area contributed by atoms with Crippen LogP contribution in [0.4, 0.5) is 5.69 Å². The molecule has 4 rings (SSSR count). The normalized spacial score (nSPS) is 10.2. The Morgan fingerprint density at radius 2 is 1.54 bits per heavy atom. The van der Waals surface area contributed by atoms with Gasteiger partial charge in [0.2, 0.25) is 5.71 Å². The number of pyridine rings is 1. The predicted molar refractivity (Wildman–Crippen MR) is 110 cm³/mol. The van der Waals surface area contributed by atoms with Crippen LogP contribution in [0.15, 0.2) is 76.6 Å². The maximum absolute atomic E-state index is 13.1. The molecule has 2 N–H and O–H groups in total. The molecule has 1 heterocycles. The van der Waals surface area contributed by atoms with Crippen LogP contribution in [0.2, 0.25) is 0 Å². The van der Waals surface area contributed by atoms with E-state index in [1.54, 1.807) is 36.4 Å². The SMILES string of the molecule is N#CC(C#N)=NNc1cccc2c(=O)c3cccc(-c4ccccc4)c3[nH]c12. The zero-order chi connectivity index (χ0) is 19.5. The van der Waals surface area contributed by atoms with Crippen molar-refractivity contribution in [1.29, 1.82) is 10.5 Å². The van der Waals surface area contributed by atoms with Gasteiger partial charge in [-0.2, -0.15) is 15.6 Å². The third-order valence-corrected chi connectivity index (χ3v) is 4.45. The molecule has 6 heteroatoms. The Kier molecular flexibility index (Phi) is 4.29. The molecule has 0 radical (unpaired) electrons. The highest BCUT2D eigenvalue weighted by Crippen LogP contribution is 2.29. The number of para-hydroxylation sites is 2. The smallest absolute Gasteiger partial charge is 0.237 e. The van der Waals surface area contributed by atoms with Crippen LogP contribution in [0.1, 0.15) is 0 Å². The first-order valence-electron chi connectivity index (χ1n) is 8.50. The van der Waals surface area contributed by atoms with Gasteiger partial charge >= 0.3 is 0 Å². The highest BCUT2D eigenvalue weighted by Gasteiger charge is 2.12. The van der Waals surface area contributed by atoms with Gasteiger partial charge in [0.25, 0.3) is 0 Å². The lowest BCUT2D eigenvalue weighted by Crippen LogP contribution is -2.06. The number of hydrogen-bond acceptors (Lipinski definition) is 5. The number of fused-ring (bicyclic) bond motifs is 2. The number of rotatable bonds is 3. The summed E-state index contributed by atoms with van der Waals surface area (Å²) >= 11 is 0. The van der Waals surface area contributed by atoms with Crippen LogP contribution in [-0.2, 0) is 0 Å². The number of aromatic nitrogens is 1. The highest BCUT2D eigenvalue weighted by molar-refractivity contribution is 6.10. The van der Waals surface area contributed by atoms with Gasteiger partial charge < -0.3 is 4.98 Å². The zero-order valence-electron chi connectivity index (χ0n) is 14.6. The van der Waals surface area contributed by atoms with Gasteiger partial charge in [-0.15, -0.1) is 0 Å². The molecular weight excluding hydrogens is 350 g/mol. The molecule has 132 valence electrons. The topological polar surface area (TPSA) is 105 Å². The van der Waals surface area contributed by atoms with Crippen molar-refractivity contribution >= 4 is 33.2 Å². The Labute approximate surface area is 160 Å². The Balaban J connectivity index is 2.01. The minimum atomic E-state index is -0.301. The van der Waals surface area contributed by atoms with E-state index in [1.165, 1.54) is 0 Å². The summed E-state index contributed by atoms with van der Waals surface area (Å²) in [5, 5.41) is 22.6. The molecule has 1 aromatic heterocycles. The molecule has 0 aliphatic rings. The molecule has 0 amide bonds. The van der Waals surface area contributed by atoms with Crippen LogP contribution in [0.3, 0.4) is 0 Å². The zero-order valence-corrected chi connectivity index (χ0v) is 14.6. The number of benzene rings is 3. The lowest BCUT2D eigenvalue weighted by molar-refractivity contribution is 1.33. The van der Waals surface area contributed by atoms with Crippen LogP contribution in [0, 0.1) is 22.7 Å². The number of anilines is 1. The van der Waals surface area contributed by atoms with Gasteiger partial charge in [0.1, 0.15) is 12.1 Å². The summed E-state index contributed by atoms with van der Waals surface area (Å²) in [4.78, 5) is 16.4. The number of H-pyrrole nitrogens is 1. The van der Waals surface area contributed by atoms with Gasteiger partial charge in [0, 0.05) is 16.3 Å². The molecule has 0 fully saturated rings. The summed E-state index contributed by atoms with van der Waals surface area (Å²) in [6.45, 7) is 0. The minimum Gasteiger partial charge on any atom is -0.352 e. The van der Waals surface area contributed by atoms with E-state index in [0.29, 0.717) is 27.5 Å². The fraction of sp³-hybridized carbons (Fsp3) is 0. The van der Waals surface area contributed by atoms with Crippen LogP contribution >= 0.6 is 0 Å². The number of nitriles is 2. The summed E-state index contributed by atoms with van der Waals surface area (Å²) in [6.07, 6.45) is 0. The lowest BCUT2D eigenvalue weighted by Gasteiger charge is -2.11. The molecule has 6 nitrogen and oxygen atoms in total. The van der Waals surface area contributed by atoms with E-state index in [4.69, 9.17) is 10.5 Å². The molecule has 0 aliphatic heterocycles. The molecule has 4 aromatic rings. The van der Waals surface area contributed by atoms with Gasteiger partial charge in [-0.3, -0.25) is 10.2 Å². The summed E-state index contributed by atoms with van der Waals surface area (Å²) in [7, 11) is 0.